The number of rotatable bonds is 5. The topological polar surface area (TPSA) is 70.4 Å². The van der Waals surface area contributed by atoms with Gasteiger partial charge in [0.15, 0.2) is 0 Å². The Bertz CT molecular complexity index is 240. The fraction of sp³-hybridized carbons (Fsp3) is 0.818. The number of aliphatic hydroxyl groups is 1. The first kappa shape index (κ1) is 12.2. The van der Waals surface area contributed by atoms with Gasteiger partial charge in [0.05, 0.1) is 12.7 Å². The molecular formula is C11H19NO3. The van der Waals surface area contributed by atoms with E-state index < -0.39 is 6.10 Å². The molecule has 0 aliphatic heterocycles. The summed E-state index contributed by atoms with van der Waals surface area (Å²) in [5.41, 5.74) is 0.441. The van der Waals surface area contributed by atoms with Crippen LogP contribution in [0, 0.1) is 11.3 Å². The minimum absolute atomic E-state index is 0.167. The molecule has 0 aromatic rings. The summed E-state index contributed by atoms with van der Waals surface area (Å²) in [5, 5.41) is 17.0. The Morgan fingerprint density at radius 3 is 2.93 bits per heavy atom. The third-order valence-corrected chi connectivity index (χ3v) is 2.85. The fourth-order valence-corrected chi connectivity index (χ4v) is 1.98. The number of carbonyl (C=O) groups excluding carboxylic acids is 1. The third-order valence-electron chi connectivity index (χ3n) is 2.85. The molecule has 1 saturated carbocycles. The monoisotopic (exact) mass is 213 g/mol. The van der Waals surface area contributed by atoms with Gasteiger partial charge in [0.25, 0.3) is 0 Å². The molecule has 1 aliphatic rings. The maximum absolute atomic E-state index is 11.0. The Kier molecular flexibility index (Phi) is 4.75. The van der Waals surface area contributed by atoms with Gasteiger partial charge in [0.1, 0.15) is 0 Å². The SMILES string of the molecule is CCOC(=O)CCCC1CCC(=N)C1O. The molecule has 86 valence electrons. The van der Waals surface area contributed by atoms with Crippen LogP contribution in [0.5, 0.6) is 0 Å². The minimum Gasteiger partial charge on any atom is -0.466 e. The van der Waals surface area contributed by atoms with Crippen LogP contribution in [0.25, 0.3) is 0 Å². The van der Waals surface area contributed by atoms with Crippen LogP contribution in [-0.4, -0.2) is 29.5 Å². The zero-order valence-corrected chi connectivity index (χ0v) is 9.16. The van der Waals surface area contributed by atoms with Gasteiger partial charge in [-0.25, -0.2) is 0 Å². The summed E-state index contributed by atoms with van der Waals surface area (Å²) in [6.45, 7) is 2.22. The van der Waals surface area contributed by atoms with E-state index in [0.29, 0.717) is 25.2 Å². The van der Waals surface area contributed by atoms with Crippen molar-refractivity contribution in [3.8, 4) is 0 Å². The third kappa shape index (κ3) is 3.63. The largest absolute Gasteiger partial charge is 0.466 e. The highest BCUT2D eigenvalue weighted by Crippen LogP contribution is 2.27. The smallest absolute Gasteiger partial charge is 0.305 e. The molecule has 0 saturated heterocycles. The molecule has 4 nitrogen and oxygen atoms in total. The van der Waals surface area contributed by atoms with E-state index in [1.54, 1.807) is 6.92 Å². The van der Waals surface area contributed by atoms with Crippen molar-refractivity contribution in [3.63, 3.8) is 0 Å². The number of hydrogen-bond acceptors (Lipinski definition) is 4. The van der Waals surface area contributed by atoms with Gasteiger partial charge < -0.3 is 15.3 Å². The molecule has 1 aliphatic carbocycles. The molecule has 0 bridgehead atoms. The van der Waals surface area contributed by atoms with Crippen molar-refractivity contribution in [2.24, 2.45) is 5.92 Å². The molecule has 4 heteroatoms. The van der Waals surface area contributed by atoms with Crippen LogP contribution in [0.2, 0.25) is 0 Å². The van der Waals surface area contributed by atoms with Gasteiger partial charge in [-0.3, -0.25) is 4.79 Å². The lowest BCUT2D eigenvalue weighted by molar-refractivity contribution is -0.143. The normalized spacial score (nSPS) is 25.6. The van der Waals surface area contributed by atoms with E-state index >= 15 is 0 Å². The van der Waals surface area contributed by atoms with E-state index in [0.717, 1.165) is 19.3 Å². The van der Waals surface area contributed by atoms with E-state index in [-0.39, 0.29) is 11.9 Å². The lowest BCUT2D eigenvalue weighted by atomic mass is 9.98. The second kappa shape index (κ2) is 5.85. The highest BCUT2D eigenvalue weighted by Gasteiger charge is 2.29. The molecular weight excluding hydrogens is 194 g/mol. The van der Waals surface area contributed by atoms with Gasteiger partial charge in [-0.05, 0) is 38.5 Å². The molecule has 0 aromatic carbocycles. The average molecular weight is 213 g/mol. The fourth-order valence-electron chi connectivity index (χ4n) is 1.98. The molecule has 1 fully saturated rings. The number of esters is 1. The second-order valence-corrected chi connectivity index (χ2v) is 3.97. The van der Waals surface area contributed by atoms with Gasteiger partial charge in [-0.2, -0.15) is 0 Å². The number of carbonyl (C=O) groups is 1. The molecule has 2 unspecified atom stereocenters. The Labute approximate surface area is 90.1 Å². The van der Waals surface area contributed by atoms with Gasteiger partial charge in [0, 0.05) is 12.1 Å². The zero-order valence-electron chi connectivity index (χ0n) is 9.16. The Morgan fingerprint density at radius 1 is 1.67 bits per heavy atom. The van der Waals surface area contributed by atoms with Crippen LogP contribution in [0.15, 0.2) is 0 Å². The van der Waals surface area contributed by atoms with Crippen LogP contribution in [0.3, 0.4) is 0 Å². The van der Waals surface area contributed by atoms with Crippen molar-refractivity contribution in [1.82, 2.24) is 0 Å². The first-order valence-corrected chi connectivity index (χ1v) is 5.56. The minimum atomic E-state index is -0.577. The number of hydrogen-bond donors (Lipinski definition) is 2. The summed E-state index contributed by atoms with van der Waals surface area (Å²) in [4.78, 5) is 11.0. The Morgan fingerprint density at radius 2 is 2.40 bits per heavy atom. The summed E-state index contributed by atoms with van der Waals surface area (Å²) in [7, 11) is 0. The average Bonchev–Trinajstić information content (AvgIpc) is 2.50. The Hall–Kier alpha value is -0.900. The van der Waals surface area contributed by atoms with Crippen LogP contribution < -0.4 is 0 Å². The summed E-state index contributed by atoms with van der Waals surface area (Å²) >= 11 is 0. The summed E-state index contributed by atoms with van der Waals surface area (Å²) in [6.07, 6.45) is 2.97. The van der Waals surface area contributed by atoms with Crippen molar-refractivity contribution in [1.29, 1.82) is 5.41 Å². The summed E-state index contributed by atoms with van der Waals surface area (Å²) in [6, 6.07) is 0. The molecule has 0 spiro atoms. The van der Waals surface area contributed by atoms with Gasteiger partial charge >= 0.3 is 5.97 Å². The molecule has 0 radical (unpaired) electrons. The van der Waals surface area contributed by atoms with E-state index in [4.69, 9.17) is 10.1 Å². The first-order chi connectivity index (χ1) is 7.15. The van der Waals surface area contributed by atoms with Crippen LogP contribution in [0.4, 0.5) is 0 Å². The van der Waals surface area contributed by atoms with Crippen molar-refractivity contribution < 1.29 is 14.6 Å². The standard InChI is InChI=1S/C11H19NO3/c1-2-15-10(13)5-3-4-8-6-7-9(12)11(8)14/h8,11-12,14H,2-7H2,1H3. The van der Waals surface area contributed by atoms with Crippen molar-refractivity contribution in [3.05, 3.63) is 0 Å². The van der Waals surface area contributed by atoms with Crippen LogP contribution in [-0.2, 0) is 9.53 Å². The molecule has 2 atom stereocenters. The van der Waals surface area contributed by atoms with Crippen LogP contribution in [0.1, 0.15) is 39.0 Å². The highest BCUT2D eigenvalue weighted by molar-refractivity contribution is 5.87. The van der Waals surface area contributed by atoms with Crippen molar-refractivity contribution >= 4 is 11.7 Å². The first-order valence-electron chi connectivity index (χ1n) is 5.56. The van der Waals surface area contributed by atoms with E-state index in [9.17, 15) is 9.90 Å². The van der Waals surface area contributed by atoms with E-state index in [1.807, 2.05) is 0 Å². The maximum atomic E-state index is 11.0. The number of aliphatic hydroxyl groups excluding tert-OH is 1. The lowest BCUT2D eigenvalue weighted by Crippen LogP contribution is -2.20. The highest BCUT2D eigenvalue weighted by atomic mass is 16.5. The molecule has 0 heterocycles. The van der Waals surface area contributed by atoms with E-state index in [1.165, 1.54) is 0 Å². The quantitative estimate of drug-likeness (QED) is 0.680. The Balaban J connectivity index is 2.15. The molecule has 2 N–H and O–H groups in total. The van der Waals surface area contributed by atoms with Crippen LogP contribution >= 0.6 is 0 Å². The van der Waals surface area contributed by atoms with Gasteiger partial charge in [-0.1, -0.05) is 0 Å². The molecule has 0 amide bonds. The van der Waals surface area contributed by atoms with E-state index in [2.05, 4.69) is 0 Å². The predicted molar refractivity (Wildman–Crippen MR) is 56.9 cm³/mol. The predicted octanol–water partition coefficient (Wildman–Crippen LogP) is 1.51. The maximum Gasteiger partial charge on any atom is 0.305 e. The molecule has 0 aromatic heterocycles. The van der Waals surface area contributed by atoms with Crippen molar-refractivity contribution in [2.45, 2.75) is 45.1 Å². The molecule has 1 rings (SSSR count). The second-order valence-electron chi connectivity index (χ2n) is 3.97. The summed E-state index contributed by atoms with van der Waals surface area (Å²) in [5.74, 6) is 0.00647. The summed E-state index contributed by atoms with van der Waals surface area (Å²) < 4.78 is 4.81. The van der Waals surface area contributed by atoms with Crippen molar-refractivity contribution in [2.75, 3.05) is 6.61 Å². The molecule has 15 heavy (non-hydrogen) atoms. The number of nitrogens with one attached hydrogen (secondary N) is 1. The zero-order chi connectivity index (χ0) is 11.3. The van der Waals surface area contributed by atoms with Gasteiger partial charge in [-0.15, -0.1) is 0 Å². The lowest BCUT2D eigenvalue weighted by Gasteiger charge is -2.13. The van der Waals surface area contributed by atoms with Gasteiger partial charge in [0.2, 0.25) is 0 Å². The number of ether oxygens (including phenoxy) is 1.